The van der Waals surface area contributed by atoms with E-state index in [1.54, 1.807) is 30.3 Å². The van der Waals surface area contributed by atoms with Crippen molar-refractivity contribution in [1.82, 2.24) is 0 Å². The number of hydrogen-bond acceptors (Lipinski definition) is 4. The Balaban J connectivity index is 2.33. The topological polar surface area (TPSA) is 66.8 Å². The van der Waals surface area contributed by atoms with E-state index in [0.29, 0.717) is 11.1 Å². The van der Waals surface area contributed by atoms with Gasteiger partial charge in [0.2, 0.25) is 6.03 Å². The fraction of sp³-hybridized carbons (Fsp3) is 0.0769. The third-order valence-electron chi connectivity index (χ3n) is 2.96. The van der Waals surface area contributed by atoms with Gasteiger partial charge < -0.3 is 14.7 Å². The quantitative estimate of drug-likeness (QED) is 0.608. The van der Waals surface area contributed by atoms with Gasteiger partial charge in [0, 0.05) is 5.56 Å². The number of aliphatic hydroxyl groups excluding tert-OH is 1. The van der Waals surface area contributed by atoms with Gasteiger partial charge in [-0.2, -0.15) is 0 Å². The van der Waals surface area contributed by atoms with Gasteiger partial charge in [-0.1, -0.05) is 36.4 Å². The molecule has 2 aromatic rings. The first-order valence-corrected chi connectivity index (χ1v) is 7.17. The minimum Gasteiger partial charge on any atom is -0.436 e. The van der Waals surface area contributed by atoms with Crippen LogP contribution in [0, 0.1) is 0 Å². The van der Waals surface area contributed by atoms with E-state index in [1.807, 2.05) is 18.2 Å². The molecular formula is C13H11O4P. The Morgan fingerprint density at radius 3 is 2.28 bits per heavy atom. The molecule has 1 aliphatic heterocycles. The average molecular weight is 262 g/mol. The maximum Gasteiger partial charge on any atom is 0.332 e. The summed E-state index contributed by atoms with van der Waals surface area (Å²) in [5.74, 6) is 0.410. The Morgan fingerprint density at radius 1 is 0.944 bits per heavy atom. The Hall–Kier alpha value is -1.61. The first-order chi connectivity index (χ1) is 8.63. The van der Waals surface area contributed by atoms with E-state index in [-0.39, 0.29) is 0 Å². The maximum absolute atomic E-state index is 12.6. The van der Waals surface area contributed by atoms with E-state index in [0.717, 1.165) is 11.1 Å². The molecule has 0 saturated carbocycles. The third kappa shape index (κ3) is 1.51. The predicted molar refractivity (Wildman–Crippen MR) is 68.0 cm³/mol. The number of hydrogen-bond donors (Lipinski definition) is 2. The molecule has 2 N–H and O–H groups in total. The van der Waals surface area contributed by atoms with Crippen molar-refractivity contribution in [2.24, 2.45) is 0 Å². The van der Waals surface area contributed by atoms with Crippen LogP contribution in [0.5, 0.6) is 5.75 Å². The lowest BCUT2D eigenvalue weighted by Crippen LogP contribution is -2.25. The highest BCUT2D eigenvalue weighted by Crippen LogP contribution is 2.56. The number of fused-ring (bicyclic) bond motifs is 3. The zero-order valence-electron chi connectivity index (χ0n) is 9.35. The number of para-hydroxylation sites is 1. The largest absolute Gasteiger partial charge is 0.436 e. The van der Waals surface area contributed by atoms with Crippen LogP contribution in [0.4, 0.5) is 0 Å². The maximum atomic E-state index is 12.6. The normalized spacial score (nSPS) is 21.1. The summed E-state index contributed by atoms with van der Waals surface area (Å²) >= 11 is 0. The van der Waals surface area contributed by atoms with Crippen LogP contribution in [0.25, 0.3) is 11.1 Å². The lowest BCUT2D eigenvalue weighted by molar-refractivity contribution is 0.0232. The minimum atomic E-state index is -3.70. The van der Waals surface area contributed by atoms with Crippen molar-refractivity contribution in [3.05, 3.63) is 48.5 Å². The van der Waals surface area contributed by atoms with E-state index < -0.39 is 13.4 Å². The van der Waals surface area contributed by atoms with Crippen molar-refractivity contribution in [1.29, 1.82) is 0 Å². The van der Waals surface area contributed by atoms with Crippen molar-refractivity contribution in [2.75, 3.05) is 0 Å². The van der Waals surface area contributed by atoms with Crippen molar-refractivity contribution in [2.45, 2.75) is 6.03 Å². The molecule has 2 aromatic carbocycles. The van der Waals surface area contributed by atoms with Crippen molar-refractivity contribution >= 4 is 12.7 Å². The van der Waals surface area contributed by atoms with Gasteiger partial charge in [-0.05, 0) is 17.7 Å². The Morgan fingerprint density at radius 2 is 1.56 bits per heavy atom. The highest BCUT2D eigenvalue weighted by molar-refractivity contribution is 7.68. The van der Waals surface area contributed by atoms with E-state index in [1.165, 1.54) is 0 Å². The monoisotopic (exact) mass is 262 g/mol. The molecule has 0 saturated heterocycles. The Kier molecular flexibility index (Phi) is 2.52. The fourth-order valence-corrected chi connectivity index (χ4v) is 3.83. The van der Waals surface area contributed by atoms with Crippen LogP contribution < -0.4 is 9.83 Å². The van der Waals surface area contributed by atoms with Gasteiger partial charge >= 0.3 is 7.37 Å². The molecule has 4 nitrogen and oxygen atoms in total. The summed E-state index contributed by atoms with van der Waals surface area (Å²) in [5, 5.41) is 19.1. The van der Waals surface area contributed by atoms with Crippen molar-refractivity contribution in [3.63, 3.8) is 0 Å². The van der Waals surface area contributed by atoms with Gasteiger partial charge in [0.1, 0.15) is 5.75 Å². The first kappa shape index (κ1) is 11.5. The molecule has 0 amide bonds. The van der Waals surface area contributed by atoms with Crippen LogP contribution in [-0.4, -0.2) is 16.2 Å². The average Bonchev–Trinajstić information content (AvgIpc) is 2.39. The fourth-order valence-electron chi connectivity index (χ4n) is 2.11. The molecule has 92 valence electrons. The molecule has 0 fully saturated rings. The Bertz CT molecular complexity index is 651. The zero-order valence-corrected chi connectivity index (χ0v) is 10.2. The molecule has 18 heavy (non-hydrogen) atoms. The van der Waals surface area contributed by atoms with E-state index in [9.17, 15) is 14.8 Å². The van der Waals surface area contributed by atoms with E-state index in [4.69, 9.17) is 4.52 Å². The summed E-state index contributed by atoms with van der Waals surface area (Å²) in [6.45, 7) is 0. The SMILES string of the molecule is O=P1(C(O)O)Oc2ccccc2-c2ccccc21. The van der Waals surface area contributed by atoms with Crippen LogP contribution in [0.15, 0.2) is 48.5 Å². The summed E-state index contributed by atoms with van der Waals surface area (Å²) in [7, 11) is -3.70. The predicted octanol–water partition coefficient (Wildman–Crippen LogP) is 1.92. The molecule has 0 spiro atoms. The third-order valence-corrected chi connectivity index (χ3v) is 5.09. The van der Waals surface area contributed by atoms with Crippen LogP contribution >= 0.6 is 7.37 Å². The summed E-state index contributed by atoms with van der Waals surface area (Å²) in [6.07, 6.45) is 0. The highest BCUT2D eigenvalue weighted by Gasteiger charge is 2.41. The molecule has 1 aliphatic rings. The smallest absolute Gasteiger partial charge is 0.332 e. The van der Waals surface area contributed by atoms with Crippen LogP contribution in [0.3, 0.4) is 0 Å². The first-order valence-electron chi connectivity index (χ1n) is 5.47. The van der Waals surface area contributed by atoms with Gasteiger partial charge in [0.05, 0.1) is 5.30 Å². The molecular weight excluding hydrogens is 251 g/mol. The molecule has 1 heterocycles. The molecule has 0 radical (unpaired) electrons. The van der Waals surface area contributed by atoms with Gasteiger partial charge in [0.25, 0.3) is 0 Å². The minimum absolute atomic E-state index is 0.346. The molecule has 0 bridgehead atoms. The number of aliphatic hydroxyl groups is 2. The second-order valence-electron chi connectivity index (χ2n) is 4.05. The van der Waals surface area contributed by atoms with Gasteiger partial charge in [-0.25, -0.2) is 0 Å². The second-order valence-corrected chi connectivity index (χ2v) is 6.37. The highest BCUT2D eigenvalue weighted by atomic mass is 31.2. The zero-order chi connectivity index (χ0) is 12.8. The summed E-state index contributed by atoms with van der Waals surface area (Å²) < 4.78 is 18.0. The van der Waals surface area contributed by atoms with Gasteiger partial charge in [-0.15, -0.1) is 0 Å². The summed E-state index contributed by atoms with van der Waals surface area (Å²) in [6, 6.07) is 12.0. The number of benzene rings is 2. The van der Waals surface area contributed by atoms with Crippen molar-refractivity contribution in [3.8, 4) is 16.9 Å². The standard InChI is InChI=1S/C13H11O4P/c14-13(15)18(16)12-8-4-2-6-10(12)9-5-1-3-7-11(9)17-18/h1-8,13-15H. The molecule has 1 unspecified atom stereocenters. The molecule has 0 aliphatic carbocycles. The molecule has 3 rings (SSSR count). The Labute approximate surface area is 104 Å². The van der Waals surface area contributed by atoms with Crippen LogP contribution in [0.1, 0.15) is 0 Å². The van der Waals surface area contributed by atoms with E-state index >= 15 is 0 Å². The number of rotatable bonds is 1. The molecule has 1 atom stereocenters. The van der Waals surface area contributed by atoms with Gasteiger partial charge in [-0.3, -0.25) is 4.57 Å². The van der Waals surface area contributed by atoms with Crippen molar-refractivity contribution < 1.29 is 19.3 Å². The van der Waals surface area contributed by atoms with Crippen LogP contribution in [-0.2, 0) is 4.57 Å². The summed E-state index contributed by atoms with van der Waals surface area (Å²) in [4.78, 5) is 0. The summed E-state index contributed by atoms with van der Waals surface area (Å²) in [5.41, 5.74) is 1.52. The van der Waals surface area contributed by atoms with E-state index in [2.05, 4.69) is 0 Å². The van der Waals surface area contributed by atoms with Crippen LogP contribution in [0.2, 0.25) is 0 Å². The molecule has 5 heteroatoms. The lowest BCUT2D eigenvalue weighted by atomic mass is 10.0. The van der Waals surface area contributed by atoms with Gasteiger partial charge in [0.15, 0.2) is 0 Å². The second kappa shape index (κ2) is 3.95. The molecule has 0 aromatic heterocycles. The lowest BCUT2D eigenvalue weighted by Gasteiger charge is -2.29.